The quantitative estimate of drug-likeness (QED) is 0.765. The van der Waals surface area contributed by atoms with Crippen LogP contribution in [0.3, 0.4) is 0 Å². The van der Waals surface area contributed by atoms with Crippen molar-refractivity contribution < 1.29 is 13.2 Å². The van der Waals surface area contributed by atoms with E-state index in [9.17, 15) is 13.2 Å². The number of hydrogen-bond acceptors (Lipinski definition) is 1. The minimum absolute atomic E-state index is 0.413. The van der Waals surface area contributed by atoms with Gasteiger partial charge < -0.3 is 5.32 Å². The van der Waals surface area contributed by atoms with E-state index in [0.29, 0.717) is 18.0 Å². The minimum Gasteiger partial charge on any atom is -0.314 e. The van der Waals surface area contributed by atoms with E-state index in [0.717, 1.165) is 25.5 Å². The highest BCUT2D eigenvalue weighted by molar-refractivity contribution is 5.29. The molecule has 1 nitrogen and oxygen atoms in total. The molecule has 0 bridgehead atoms. The molecule has 1 aromatic rings. The molecule has 100 valence electrons. The van der Waals surface area contributed by atoms with Gasteiger partial charge in [0.1, 0.15) is 0 Å². The number of rotatable bonds is 6. The molecule has 0 spiro atoms. The summed E-state index contributed by atoms with van der Waals surface area (Å²) < 4.78 is 38.2. The highest BCUT2D eigenvalue weighted by atomic mass is 19.4. The Morgan fingerprint density at radius 3 is 2.50 bits per heavy atom. The van der Waals surface area contributed by atoms with Crippen molar-refractivity contribution in [3.63, 3.8) is 0 Å². The lowest BCUT2D eigenvalue weighted by atomic mass is 10.0. The maximum Gasteiger partial charge on any atom is 0.416 e. The van der Waals surface area contributed by atoms with Crippen LogP contribution in [-0.4, -0.2) is 12.6 Å². The lowest BCUT2D eigenvalue weighted by Gasteiger charge is -2.12. The summed E-state index contributed by atoms with van der Waals surface area (Å²) in [4.78, 5) is 0. The predicted molar refractivity (Wildman–Crippen MR) is 65.4 cm³/mol. The first kappa shape index (κ1) is 13.4. The van der Waals surface area contributed by atoms with Gasteiger partial charge in [-0.05, 0) is 50.3 Å². The normalized spacial score (nSPS) is 15.9. The van der Waals surface area contributed by atoms with Gasteiger partial charge in [0, 0.05) is 6.04 Å². The molecule has 1 aliphatic rings. The summed E-state index contributed by atoms with van der Waals surface area (Å²) in [5, 5.41) is 3.37. The van der Waals surface area contributed by atoms with E-state index in [1.807, 2.05) is 0 Å². The molecule has 1 fully saturated rings. The van der Waals surface area contributed by atoms with E-state index in [2.05, 4.69) is 5.32 Å². The van der Waals surface area contributed by atoms with E-state index in [-0.39, 0.29) is 0 Å². The first-order valence-corrected chi connectivity index (χ1v) is 6.46. The van der Waals surface area contributed by atoms with Gasteiger partial charge in [-0.15, -0.1) is 0 Å². The molecule has 18 heavy (non-hydrogen) atoms. The molecule has 0 saturated heterocycles. The van der Waals surface area contributed by atoms with Crippen molar-refractivity contribution in [3.05, 3.63) is 35.4 Å². The van der Waals surface area contributed by atoms with E-state index >= 15 is 0 Å². The van der Waals surface area contributed by atoms with Crippen molar-refractivity contribution in [3.8, 4) is 0 Å². The fraction of sp³-hybridized carbons (Fsp3) is 0.571. The van der Waals surface area contributed by atoms with Crippen molar-refractivity contribution in [2.45, 2.75) is 44.3 Å². The van der Waals surface area contributed by atoms with Gasteiger partial charge in [-0.1, -0.05) is 18.2 Å². The number of benzene rings is 1. The Kier molecular flexibility index (Phi) is 4.27. The lowest BCUT2D eigenvalue weighted by molar-refractivity contribution is -0.138. The van der Waals surface area contributed by atoms with Crippen LogP contribution in [0, 0.1) is 0 Å². The average molecular weight is 257 g/mol. The summed E-state index contributed by atoms with van der Waals surface area (Å²) in [6, 6.07) is 6.54. The van der Waals surface area contributed by atoms with Gasteiger partial charge >= 0.3 is 6.18 Å². The van der Waals surface area contributed by atoms with Crippen LogP contribution in [0.5, 0.6) is 0 Å². The molecule has 0 aliphatic heterocycles. The third kappa shape index (κ3) is 4.02. The Bertz CT molecular complexity index is 383. The molecule has 0 heterocycles. The van der Waals surface area contributed by atoms with E-state index in [1.54, 1.807) is 12.1 Å². The molecule has 0 atom stereocenters. The second-order valence-corrected chi connectivity index (χ2v) is 4.84. The first-order valence-electron chi connectivity index (χ1n) is 6.46. The maximum atomic E-state index is 12.7. The average Bonchev–Trinajstić information content (AvgIpc) is 3.12. The second kappa shape index (κ2) is 5.74. The molecule has 4 heteroatoms. The van der Waals surface area contributed by atoms with Gasteiger partial charge in [-0.2, -0.15) is 13.2 Å². The fourth-order valence-corrected chi connectivity index (χ4v) is 2.05. The van der Waals surface area contributed by atoms with Crippen molar-refractivity contribution in [2.24, 2.45) is 0 Å². The molecule has 0 unspecified atom stereocenters. The Morgan fingerprint density at radius 1 is 1.11 bits per heavy atom. The molecule has 1 aromatic carbocycles. The van der Waals surface area contributed by atoms with Crippen LogP contribution in [0.25, 0.3) is 0 Å². The summed E-state index contributed by atoms with van der Waals surface area (Å²) in [7, 11) is 0. The Morgan fingerprint density at radius 2 is 1.83 bits per heavy atom. The van der Waals surface area contributed by atoms with Gasteiger partial charge in [0.25, 0.3) is 0 Å². The monoisotopic (exact) mass is 257 g/mol. The fourth-order valence-electron chi connectivity index (χ4n) is 2.05. The Hall–Kier alpha value is -1.03. The van der Waals surface area contributed by atoms with Gasteiger partial charge in [0.15, 0.2) is 0 Å². The number of alkyl halides is 3. The number of hydrogen-bond donors (Lipinski definition) is 1. The number of halogens is 3. The SMILES string of the molecule is FC(F)(F)c1ccccc1CCCCNC1CC1. The molecule has 0 amide bonds. The summed E-state index contributed by atoms with van der Waals surface area (Å²) in [5.41, 5.74) is -0.0726. The van der Waals surface area contributed by atoms with Gasteiger partial charge in [-0.3, -0.25) is 0 Å². The van der Waals surface area contributed by atoms with Crippen LogP contribution in [0.15, 0.2) is 24.3 Å². The van der Waals surface area contributed by atoms with Crippen LogP contribution in [-0.2, 0) is 12.6 Å². The topological polar surface area (TPSA) is 12.0 Å². The largest absolute Gasteiger partial charge is 0.416 e. The third-order valence-electron chi connectivity index (χ3n) is 3.21. The lowest BCUT2D eigenvalue weighted by Crippen LogP contribution is -2.17. The highest BCUT2D eigenvalue weighted by Crippen LogP contribution is 2.32. The molecule has 1 saturated carbocycles. The first-order chi connectivity index (χ1) is 8.57. The summed E-state index contributed by atoms with van der Waals surface area (Å²) in [6.07, 6.45) is 0.494. The standard InChI is InChI=1S/C14H18F3N/c15-14(16,17)13-7-2-1-5-11(13)6-3-4-10-18-12-8-9-12/h1-2,5,7,12,18H,3-4,6,8-10H2. The summed E-state index contributed by atoms with van der Waals surface area (Å²) >= 11 is 0. The van der Waals surface area contributed by atoms with E-state index < -0.39 is 11.7 Å². The zero-order chi connectivity index (χ0) is 13.0. The minimum atomic E-state index is -4.23. The number of nitrogens with one attached hydrogen (secondary N) is 1. The van der Waals surface area contributed by atoms with Crippen molar-refractivity contribution in [2.75, 3.05) is 6.54 Å². The highest BCUT2D eigenvalue weighted by Gasteiger charge is 2.32. The van der Waals surface area contributed by atoms with Crippen molar-refractivity contribution >= 4 is 0 Å². The van der Waals surface area contributed by atoms with Crippen LogP contribution in [0.1, 0.15) is 36.8 Å². The van der Waals surface area contributed by atoms with Gasteiger partial charge in [0.05, 0.1) is 5.56 Å². The maximum absolute atomic E-state index is 12.7. The molecule has 2 rings (SSSR count). The van der Waals surface area contributed by atoms with Crippen LogP contribution in [0.4, 0.5) is 13.2 Å². The molecule has 0 aromatic heterocycles. The molecular formula is C14H18F3N. The Balaban J connectivity index is 1.80. The second-order valence-electron chi connectivity index (χ2n) is 4.84. The third-order valence-corrected chi connectivity index (χ3v) is 3.21. The zero-order valence-electron chi connectivity index (χ0n) is 10.3. The summed E-state index contributed by atoms with van der Waals surface area (Å²) in [6.45, 7) is 0.916. The van der Waals surface area contributed by atoms with Crippen LogP contribution < -0.4 is 5.32 Å². The number of unbranched alkanes of at least 4 members (excludes halogenated alkanes) is 1. The molecule has 0 radical (unpaired) electrons. The molecule has 1 N–H and O–H groups in total. The van der Waals surface area contributed by atoms with Gasteiger partial charge in [-0.25, -0.2) is 0 Å². The smallest absolute Gasteiger partial charge is 0.314 e. The van der Waals surface area contributed by atoms with E-state index in [1.165, 1.54) is 18.9 Å². The van der Waals surface area contributed by atoms with E-state index in [4.69, 9.17) is 0 Å². The van der Waals surface area contributed by atoms with Crippen molar-refractivity contribution in [1.82, 2.24) is 5.32 Å². The van der Waals surface area contributed by atoms with Gasteiger partial charge in [0.2, 0.25) is 0 Å². The Labute approximate surface area is 105 Å². The molecule has 1 aliphatic carbocycles. The van der Waals surface area contributed by atoms with Crippen LogP contribution >= 0.6 is 0 Å². The predicted octanol–water partition coefficient (Wildman–Crippen LogP) is 3.78. The van der Waals surface area contributed by atoms with Crippen LogP contribution in [0.2, 0.25) is 0 Å². The number of aryl methyl sites for hydroxylation is 1. The zero-order valence-corrected chi connectivity index (χ0v) is 10.3. The van der Waals surface area contributed by atoms with Crippen molar-refractivity contribution in [1.29, 1.82) is 0 Å². The summed E-state index contributed by atoms with van der Waals surface area (Å²) in [5.74, 6) is 0. The molecular weight excluding hydrogens is 239 g/mol.